The normalized spacial score (nSPS) is 15.6. The number of primary amides is 1. The van der Waals surface area contributed by atoms with E-state index in [-0.39, 0.29) is 29.5 Å². The number of nitrogens with zero attached hydrogens (tertiary/aromatic N) is 5. The molecule has 3 heterocycles. The molecule has 0 atom stereocenters. The van der Waals surface area contributed by atoms with Crippen molar-refractivity contribution in [2.75, 3.05) is 31.6 Å². The van der Waals surface area contributed by atoms with Gasteiger partial charge in [-0.3, -0.25) is 9.59 Å². The first-order valence-electron chi connectivity index (χ1n) is 10.3. The number of hydrogen-bond acceptors (Lipinski definition) is 8. The quantitative estimate of drug-likeness (QED) is 0.588. The number of hydrogen-bond donors (Lipinski definition) is 2. The van der Waals surface area contributed by atoms with Crippen molar-refractivity contribution < 1.29 is 14.7 Å². The topological polar surface area (TPSA) is 126 Å². The Morgan fingerprint density at radius 3 is 2.66 bits per heavy atom. The number of nitrogens with two attached hydrogens (primary N) is 1. The van der Waals surface area contributed by atoms with Gasteiger partial charge in [0.05, 0.1) is 12.3 Å². The SMILES string of the molecule is CN(CCO)C(=O)c1ccc2c(c1)N(c1ncc(-c3csc(C(N)=O)n3)cn1)CC21CC1. The number of likely N-dealkylation sites (N-methyl/N-ethyl adjacent to an activating group) is 1. The molecule has 3 aromatic rings. The molecule has 3 N–H and O–H groups in total. The molecule has 1 aromatic carbocycles. The van der Waals surface area contributed by atoms with Crippen LogP contribution < -0.4 is 10.6 Å². The number of carbonyl (C=O) groups is 2. The molecule has 164 valence electrons. The van der Waals surface area contributed by atoms with Crippen molar-refractivity contribution in [1.29, 1.82) is 0 Å². The maximum absolute atomic E-state index is 12.7. The second-order valence-corrected chi connectivity index (χ2v) is 9.08. The van der Waals surface area contributed by atoms with Crippen molar-refractivity contribution in [2.24, 2.45) is 5.73 Å². The molecular formula is C22H22N6O3S. The third kappa shape index (κ3) is 3.41. The number of amides is 2. The van der Waals surface area contributed by atoms with Gasteiger partial charge in [0.25, 0.3) is 11.8 Å². The zero-order chi connectivity index (χ0) is 22.5. The van der Waals surface area contributed by atoms with E-state index in [0.717, 1.165) is 25.1 Å². The Hall–Kier alpha value is -3.37. The summed E-state index contributed by atoms with van der Waals surface area (Å²) >= 11 is 1.19. The van der Waals surface area contributed by atoms with E-state index in [9.17, 15) is 9.59 Å². The van der Waals surface area contributed by atoms with E-state index >= 15 is 0 Å². The highest BCUT2D eigenvalue weighted by Gasteiger charge is 2.52. The molecular weight excluding hydrogens is 428 g/mol. The molecule has 10 heteroatoms. The van der Waals surface area contributed by atoms with Crippen LogP contribution in [0, 0.1) is 0 Å². The van der Waals surface area contributed by atoms with E-state index in [1.165, 1.54) is 21.8 Å². The number of thiazole rings is 1. The van der Waals surface area contributed by atoms with E-state index in [1.54, 1.807) is 24.8 Å². The van der Waals surface area contributed by atoms with E-state index in [0.29, 0.717) is 22.8 Å². The largest absolute Gasteiger partial charge is 0.395 e. The molecule has 1 saturated carbocycles. The lowest BCUT2D eigenvalue weighted by Crippen LogP contribution is -2.29. The molecule has 1 aliphatic heterocycles. The number of carbonyl (C=O) groups excluding carboxylic acids is 2. The highest BCUT2D eigenvalue weighted by molar-refractivity contribution is 7.12. The fourth-order valence-corrected chi connectivity index (χ4v) is 4.83. The lowest BCUT2D eigenvalue weighted by Gasteiger charge is -2.19. The molecule has 0 saturated heterocycles. The molecule has 2 amide bonds. The van der Waals surface area contributed by atoms with Crippen molar-refractivity contribution >= 4 is 34.8 Å². The van der Waals surface area contributed by atoms with Crippen LogP contribution in [-0.4, -0.2) is 63.5 Å². The zero-order valence-electron chi connectivity index (χ0n) is 17.5. The van der Waals surface area contributed by atoms with Gasteiger partial charge in [-0.2, -0.15) is 0 Å². The molecule has 0 radical (unpaired) electrons. The molecule has 5 rings (SSSR count). The molecule has 2 aliphatic rings. The second kappa shape index (κ2) is 7.64. The number of benzene rings is 1. The van der Waals surface area contributed by atoms with Crippen LogP contribution in [0.2, 0.25) is 0 Å². The minimum absolute atomic E-state index is 0.0808. The summed E-state index contributed by atoms with van der Waals surface area (Å²) in [6.07, 6.45) is 5.57. The summed E-state index contributed by atoms with van der Waals surface area (Å²) in [7, 11) is 1.68. The number of anilines is 2. The standard InChI is InChI=1S/C22H22N6O3S/c1-27(6-7-29)20(31)13-2-3-15-17(8-13)28(12-22(15)4-5-22)21-24-9-14(10-25-21)16-11-32-19(26-16)18(23)30/h2-3,8-11,29H,4-7,12H2,1H3,(H2,23,30). The van der Waals surface area contributed by atoms with Gasteiger partial charge in [-0.1, -0.05) is 6.07 Å². The lowest BCUT2D eigenvalue weighted by molar-refractivity contribution is 0.0767. The average molecular weight is 451 g/mol. The third-order valence-electron chi connectivity index (χ3n) is 6.09. The van der Waals surface area contributed by atoms with Gasteiger partial charge in [0, 0.05) is 60.1 Å². The Morgan fingerprint density at radius 1 is 1.28 bits per heavy atom. The third-order valence-corrected chi connectivity index (χ3v) is 6.95. The number of aliphatic hydroxyl groups is 1. The summed E-state index contributed by atoms with van der Waals surface area (Å²) in [5, 5.41) is 11.1. The summed E-state index contributed by atoms with van der Waals surface area (Å²) < 4.78 is 0. The van der Waals surface area contributed by atoms with Crippen LogP contribution in [0.4, 0.5) is 11.6 Å². The molecule has 1 spiro atoms. The predicted octanol–water partition coefficient (Wildman–Crippen LogP) is 1.95. The molecule has 0 unspecified atom stereocenters. The second-order valence-electron chi connectivity index (χ2n) is 8.22. The Balaban J connectivity index is 1.46. The van der Waals surface area contributed by atoms with Crippen LogP contribution in [0.3, 0.4) is 0 Å². The van der Waals surface area contributed by atoms with Gasteiger partial charge in [-0.15, -0.1) is 11.3 Å². The maximum Gasteiger partial charge on any atom is 0.277 e. The van der Waals surface area contributed by atoms with Crippen molar-refractivity contribution in [3.8, 4) is 11.3 Å². The van der Waals surface area contributed by atoms with Crippen LogP contribution >= 0.6 is 11.3 Å². The monoisotopic (exact) mass is 450 g/mol. The van der Waals surface area contributed by atoms with Gasteiger partial charge in [0.2, 0.25) is 5.95 Å². The maximum atomic E-state index is 12.7. The first-order valence-corrected chi connectivity index (χ1v) is 11.2. The van der Waals surface area contributed by atoms with Crippen molar-refractivity contribution in [3.05, 3.63) is 52.1 Å². The Labute approximate surface area is 188 Å². The average Bonchev–Trinajstić information content (AvgIpc) is 3.27. The molecule has 0 bridgehead atoms. The predicted molar refractivity (Wildman–Crippen MR) is 120 cm³/mol. The van der Waals surface area contributed by atoms with Crippen molar-refractivity contribution in [2.45, 2.75) is 18.3 Å². The summed E-state index contributed by atoms with van der Waals surface area (Å²) in [4.78, 5) is 40.9. The van der Waals surface area contributed by atoms with E-state index in [2.05, 4.69) is 19.9 Å². The van der Waals surface area contributed by atoms with Crippen LogP contribution in [0.1, 0.15) is 38.6 Å². The van der Waals surface area contributed by atoms with Crippen molar-refractivity contribution in [1.82, 2.24) is 19.9 Å². The van der Waals surface area contributed by atoms with E-state index < -0.39 is 5.91 Å². The van der Waals surface area contributed by atoms with Gasteiger partial charge >= 0.3 is 0 Å². The minimum atomic E-state index is -0.558. The highest BCUT2D eigenvalue weighted by atomic mass is 32.1. The zero-order valence-corrected chi connectivity index (χ0v) is 18.3. The summed E-state index contributed by atoms with van der Waals surface area (Å²) in [6.45, 7) is 0.971. The summed E-state index contributed by atoms with van der Waals surface area (Å²) in [6, 6.07) is 5.80. The number of aromatic nitrogens is 3. The lowest BCUT2D eigenvalue weighted by atomic mass is 9.97. The Bertz CT molecular complexity index is 1200. The number of aliphatic hydroxyl groups excluding tert-OH is 1. The molecule has 2 aromatic heterocycles. The minimum Gasteiger partial charge on any atom is -0.395 e. The fraction of sp³-hybridized carbons (Fsp3) is 0.318. The van der Waals surface area contributed by atoms with Crippen LogP contribution in [0.15, 0.2) is 36.0 Å². The fourth-order valence-electron chi connectivity index (χ4n) is 4.15. The van der Waals surface area contributed by atoms with Gasteiger partial charge in [0.15, 0.2) is 5.01 Å². The Morgan fingerprint density at radius 2 is 2.03 bits per heavy atom. The van der Waals surface area contributed by atoms with Crippen LogP contribution in [-0.2, 0) is 5.41 Å². The molecule has 1 fully saturated rings. The van der Waals surface area contributed by atoms with E-state index in [1.807, 2.05) is 18.2 Å². The van der Waals surface area contributed by atoms with Gasteiger partial charge in [-0.25, -0.2) is 15.0 Å². The Kier molecular flexibility index (Phi) is 4.90. The van der Waals surface area contributed by atoms with Gasteiger partial charge in [-0.05, 0) is 30.5 Å². The number of fused-ring (bicyclic) bond motifs is 2. The highest BCUT2D eigenvalue weighted by Crippen LogP contribution is 2.57. The first kappa shape index (κ1) is 20.5. The van der Waals surface area contributed by atoms with E-state index in [4.69, 9.17) is 10.8 Å². The summed E-state index contributed by atoms with van der Waals surface area (Å²) in [5.74, 6) is -0.141. The molecule has 1 aliphatic carbocycles. The van der Waals surface area contributed by atoms with Gasteiger partial charge in [0.1, 0.15) is 0 Å². The summed E-state index contributed by atoms with van der Waals surface area (Å²) in [5.41, 5.74) is 9.43. The molecule has 32 heavy (non-hydrogen) atoms. The number of rotatable bonds is 6. The molecule has 9 nitrogen and oxygen atoms in total. The van der Waals surface area contributed by atoms with Gasteiger partial charge < -0.3 is 20.6 Å². The van der Waals surface area contributed by atoms with Crippen molar-refractivity contribution in [3.63, 3.8) is 0 Å². The van der Waals surface area contributed by atoms with Crippen LogP contribution in [0.25, 0.3) is 11.3 Å². The van der Waals surface area contributed by atoms with Crippen LogP contribution in [0.5, 0.6) is 0 Å². The smallest absolute Gasteiger partial charge is 0.277 e. The first-order chi connectivity index (χ1) is 15.4.